The second-order valence-corrected chi connectivity index (χ2v) is 7.98. The highest BCUT2D eigenvalue weighted by Gasteiger charge is 2.12. The number of hydrogen-bond acceptors (Lipinski definition) is 2. The van der Waals surface area contributed by atoms with Crippen LogP contribution in [0, 0.1) is 25.6 Å². The fraction of sp³-hybridized carbons (Fsp3) is 0.500. The topological polar surface area (TPSA) is 25.2 Å². The number of aromatic nitrogens is 1. The van der Waals surface area contributed by atoms with E-state index in [0.717, 1.165) is 39.6 Å². The van der Waals surface area contributed by atoms with Crippen LogP contribution in [0.2, 0.25) is 0 Å². The number of aryl methyl sites for hydroxylation is 2. The van der Waals surface area contributed by atoms with Gasteiger partial charge in [0.15, 0.2) is 0 Å². The van der Waals surface area contributed by atoms with Gasteiger partial charge in [-0.2, -0.15) is 0 Å². The van der Waals surface area contributed by atoms with E-state index in [1.165, 1.54) is 31.7 Å². The van der Waals surface area contributed by atoms with E-state index in [4.69, 9.17) is 0 Å². The maximum atomic E-state index is 14.3. The maximum Gasteiger partial charge on any atom is 0.149 e. The lowest BCUT2D eigenvalue weighted by Gasteiger charge is -2.12. The van der Waals surface area contributed by atoms with Gasteiger partial charge >= 0.3 is 0 Å². The summed E-state index contributed by atoms with van der Waals surface area (Å²) in [5.41, 5.74) is 5.36. The Balaban J connectivity index is 0.000000762. The summed E-state index contributed by atoms with van der Waals surface area (Å²) in [6.07, 6.45) is 7.25. The Morgan fingerprint density at radius 1 is 1.10 bits per heavy atom. The Hall–Kier alpha value is -2.29. The third-order valence-electron chi connectivity index (χ3n) is 4.83. The van der Waals surface area contributed by atoms with Crippen molar-refractivity contribution < 1.29 is 4.39 Å². The molecule has 1 aromatic heterocycles. The molecule has 31 heavy (non-hydrogen) atoms. The molecule has 0 aliphatic carbocycles. The van der Waals surface area contributed by atoms with Crippen LogP contribution in [-0.2, 0) is 0 Å². The number of pyridine rings is 1. The predicted octanol–water partition coefficient (Wildman–Crippen LogP) is 9.26. The second-order valence-electron chi connectivity index (χ2n) is 7.98. The molecule has 3 heteroatoms. The van der Waals surface area contributed by atoms with Crippen LogP contribution in [0.3, 0.4) is 0 Å². The van der Waals surface area contributed by atoms with Gasteiger partial charge in [0.2, 0.25) is 0 Å². The van der Waals surface area contributed by atoms with Crippen molar-refractivity contribution in [2.75, 3.05) is 0 Å². The minimum Gasteiger partial charge on any atom is -0.261 e. The first-order chi connectivity index (χ1) is 14.7. The van der Waals surface area contributed by atoms with Crippen LogP contribution in [0.25, 0.3) is 5.57 Å². The molecule has 0 spiro atoms. The SMILES string of the molecule is C=C(c1cc(C)c(N=C(C)C)c(F)c1)c1cccnc1C.CC.CCCC(C)CCC. The summed E-state index contributed by atoms with van der Waals surface area (Å²) in [6, 6.07) is 7.21. The molecule has 0 saturated carbocycles. The van der Waals surface area contributed by atoms with Gasteiger partial charge in [-0.05, 0) is 68.5 Å². The van der Waals surface area contributed by atoms with Crippen LogP contribution in [-0.4, -0.2) is 10.7 Å². The van der Waals surface area contributed by atoms with Crippen molar-refractivity contribution in [3.05, 3.63) is 65.2 Å². The molecule has 0 aliphatic heterocycles. The van der Waals surface area contributed by atoms with Gasteiger partial charge in [0.1, 0.15) is 11.5 Å². The zero-order chi connectivity index (χ0) is 24.0. The fourth-order valence-corrected chi connectivity index (χ4v) is 3.36. The normalized spacial score (nSPS) is 9.90. The standard InChI is InChI=1S/C18H19FN2.C8H18.C2H6/c1-11(2)21-18-12(3)9-15(10-17(18)19)13(4)16-7-6-8-20-14(16)5;1-4-6-8(3)7-5-2;1-2/h6-10H,4H2,1-3,5H3;8H,4-7H2,1-3H3;1-2H3. The fourth-order valence-electron chi connectivity index (χ4n) is 3.36. The Bertz CT molecular complexity index is 804. The van der Waals surface area contributed by atoms with Gasteiger partial charge < -0.3 is 0 Å². The molecule has 1 aromatic carbocycles. The van der Waals surface area contributed by atoms with Crippen LogP contribution in [0.4, 0.5) is 10.1 Å². The van der Waals surface area contributed by atoms with Gasteiger partial charge in [-0.15, -0.1) is 0 Å². The third kappa shape index (κ3) is 10.0. The van der Waals surface area contributed by atoms with E-state index in [2.05, 4.69) is 37.3 Å². The molecule has 0 saturated heterocycles. The van der Waals surface area contributed by atoms with E-state index < -0.39 is 0 Å². The van der Waals surface area contributed by atoms with Crippen LogP contribution < -0.4 is 0 Å². The number of nitrogens with zero attached hydrogens (tertiary/aromatic N) is 2. The molecular formula is C28H43FN2. The monoisotopic (exact) mass is 426 g/mol. The van der Waals surface area contributed by atoms with Gasteiger partial charge in [-0.1, -0.05) is 72.9 Å². The van der Waals surface area contributed by atoms with Gasteiger partial charge in [0.05, 0.1) is 0 Å². The Morgan fingerprint density at radius 2 is 1.68 bits per heavy atom. The van der Waals surface area contributed by atoms with Crippen LogP contribution in [0.5, 0.6) is 0 Å². The summed E-state index contributed by atoms with van der Waals surface area (Å²) >= 11 is 0. The van der Waals surface area contributed by atoms with Crippen molar-refractivity contribution in [3.8, 4) is 0 Å². The molecule has 0 aliphatic rings. The smallest absolute Gasteiger partial charge is 0.149 e. The highest BCUT2D eigenvalue weighted by atomic mass is 19.1. The second kappa shape index (κ2) is 15.5. The average Bonchev–Trinajstić information content (AvgIpc) is 2.72. The summed E-state index contributed by atoms with van der Waals surface area (Å²) in [7, 11) is 0. The minimum absolute atomic E-state index is 0.325. The highest BCUT2D eigenvalue weighted by Crippen LogP contribution is 2.30. The van der Waals surface area contributed by atoms with Crippen LogP contribution in [0.1, 0.15) is 96.5 Å². The van der Waals surface area contributed by atoms with E-state index >= 15 is 0 Å². The van der Waals surface area contributed by atoms with Crippen molar-refractivity contribution in [1.29, 1.82) is 0 Å². The number of benzene rings is 1. The number of hydrogen-bond donors (Lipinski definition) is 0. The number of rotatable bonds is 7. The molecule has 0 radical (unpaired) electrons. The third-order valence-corrected chi connectivity index (χ3v) is 4.83. The van der Waals surface area contributed by atoms with E-state index in [0.29, 0.717) is 5.69 Å². The molecule has 2 aromatic rings. The molecule has 0 unspecified atom stereocenters. The van der Waals surface area contributed by atoms with Crippen LogP contribution >= 0.6 is 0 Å². The van der Waals surface area contributed by atoms with E-state index in [1.54, 1.807) is 6.20 Å². The van der Waals surface area contributed by atoms with Gasteiger partial charge in [0.25, 0.3) is 0 Å². The van der Waals surface area contributed by atoms with Crippen molar-refractivity contribution in [1.82, 2.24) is 4.98 Å². The zero-order valence-corrected chi connectivity index (χ0v) is 21.3. The van der Waals surface area contributed by atoms with E-state index in [1.807, 2.05) is 59.7 Å². The molecule has 1 heterocycles. The molecule has 0 bridgehead atoms. The Labute approximate surface area is 190 Å². The minimum atomic E-state index is -0.325. The Morgan fingerprint density at radius 3 is 2.13 bits per heavy atom. The summed E-state index contributed by atoms with van der Waals surface area (Å²) < 4.78 is 14.3. The van der Waals surface area contributed by atoms with Gasteiger partial charge in [-0.25, -0.2) is 4.39 Å². The average molecular weight is 427 g/mol. The summed E-state index contributed by atoms with van der Waals surface area (Å²) in [5, 5.41) is 0. The largest absolute Gasteiger partial charge is 0.261 e. The molecule has 2 nitrogen and oxygen atoms in total. The number of halogens is 1. The quantitative estimate of drug-likeness (QED) is 0.405. The Kier molecular flexibility index (Phi) is 14.4. The summed E-state index contributed by atoms with van der Waals surface area (Å²) in [6.45, 7) is 22.4. The van der Waals surface area contributed by atoms with Crippen molar-refractivity contribution in [3.63, 3.8) is 0 Å². The maximum absolute atomic E-state index is 14.3. The van der Waals surface area contributed by atoms with Gasteiger partial charge in [0, 0.05) is 23.2 Å². The zero-order valence-electron chi connectivity index (χ0n) is 21.3. The lowest BCUT2D eigenvalue weighted by molar-refractivity contribution is 0.480. The van der Waals surface area contributed by atoms with Crippen molar-refractivity contribution in [2.45, 2.75) is 88.0 Å². The molecule has 2 rings (SSSR count). The lowest BCUT2D eigenvalue weighted by Crippen LogP contribution is -1.95. The molecular weight excluding hydrogens is 383 g/mol. The molecule has 0 fully saturated rings. The van der Waals surface area contributed by atoms with E-state index in [9.17, 15) is 4.39 Å². The first-order valence-electron chi connectivity index (χ1n) is 11.6. The van der Waals surface area contributed by atoms with E-state index in [-0.39, 0.29) is 5.82 Å². The lowest BCUT2D eigenvalue weighted by atomic mass is 9.96. The van der Waals surface area contributed by atoms with Crippen LogP contribution in [0.15, 0.2) is 42.0 Å². The predicted molar refractivity (Wildman–Crippen MR) is 137 cm³/mol. The molecule has 172 valence electrons. The molecule has 0 atom stereocenters. The summed E-state index contributed by atoms with van der Waals surface area (Å²) in [4.78, 5) is 8.50. The van der Waals surface area contributed by atoms with Crippen molar-refractivity contribution >= 4 is 17.0 Å². The first kappa shape index (κ1) is 28.7. The number of aliphatic imine (C=N–C) groups is 1. The van der Waals surface area contributed by atoms with Crippen molar-refractivity contribution in [2.24, 2.45) is 10.9 Å². The van der Waals surface area contributed by atoms with Gasteiger partial charge in [-0.3, -0.25) is 9.98 Å². The highest BCUT2D eigenvalue weighted by molar-refractivity contribution is 5.84. The summed E-state index contributed by atoms with van der Waals surface area (Å²) in [5.74, 6) is 0.638. The first-order valence-corrected chi connectivity index (χ1v) is 11.6. The molecule has 0 N–H and O–H groups in total. The molecule has 0 amide bonds.